The molecule has 0 bridgehead atoms. The van der Waals surface area contributed by atoms with E-state index >= 15 is 0 Å². The van der Waals surface area contributed by atoms with Crippen LogP contribution in [0.1, 0.15) is 39.2 Å². The Morgan fingerprint density at radius 3 is 2.39 bits per heavy atom. The number of rotatable bonds is 7. The second-order valence-corrected chi connectivity index (χ2v) is 8.15. The Balaban J connectivity index is 2.26. The molecule has 0 radical (unpaired) electrons. The molecule has 1 amide bonds. The number of benzene rings is 1. The number of hydrogen-bond acceptors (Lipinski definition) is 7. The van der Waals surface area contributed by atoms with Gasteiger partial charge >= 0.3 is 0 Å². The molecule has 2 aromatic rings. The molecule has 1 unspecified atom stereocenters. The minimum Gasteiger partial charge on any atom is -0.496 e. The molecule has 9 heteroatoms. The standard InChI is InChI=1S/C19H26IN5O3/c1-9(2)11-6-14(27-5)12(20)7-13(11)28-15-8-23-19(24-17(15)22)25-18(26)16(21)10(3)4/h6-10,16H,21H2,1-5H3,(H3,22,23,24,25,26). The smallest absolute Gasteiger partial charge is 0.243 e. The Morgan fingerprint density at radius 2 is 1.86 bits per heavy atom. The van der Waals surface area contributed by atoms with Crippen LogP contribution in [0, 0.1) is 9.49 Å². The van der Waals surface area contributed by atoms with E-state index in [1.165, 1.54) is 6.20 Å². The molecule has 0 aliphatic carbocycles. The van der Waals surface area contributed by atoms with E-state index in [1.54, 1.807) is 7.11 Å². The van der Waals surface area contributed by atoms with Crippen molar-refractivity contribution in [1.82, 2.24) is 9.97 Å². The highest BCUT2D eigenvalue weighted by molar-refractivity contribution is 14.1. The normalized spacial score (nSPS) is 12.2. The van der Waals surface area contributed by atoms with Gasteiger partial charge in [0.25, 0.3) is 0 Å². The largest absolute Gasteiger partial charge is 0.496 e. The summed E-state index contributed by atoms with van der Waals surface area (Å²) in [5.41, 5.74) is 12.8. The van der Waals surface area contributed by atoms with E-state index in [2.05, 4.69) is 51.7 Å². The molecule has 28 heavy (non-hydrogen) atoms. The fourth-order valence-electron chi connectivity index (χ4n) is 2.38. The van der Waals surface area contributed by atoms with Crippen LogP contribution in [0.2, 0.25) is 0 Å². The van der Waals surface area contributed by atoms with E-state index in [4.69, 9.17) is 20.9 Å². The van der Waals surface area contributed by atoms with Gasteiger partial charge in [-0.2, -0.15) is 4.98 Å². The van der Waals surface area contributed by atoms with Crippen LogP contribution in [0.25, 0.3) is 0 Å². The molecule has 1 aromatic carbocycles. The SMILES string of the molecule is COc1cc(C(C)C)c(Oc2cnc(NC(=O)C(N)C(C)C)nc2N)cc1I. The van der Waals surface area contributed by atoms with Crippen molar-refractivity contribution in [2.45, 2.75) is 39.7 Å². The molecule has 0 saturated carbocycles. The fourth-order valence-corrected chi connectivity index (χ4v) is 3.04. The number of nitrogen functional groups attached to an aromatic ring is 1. The maximum absolute atomic E-state index is 12.1. The third-order valence-electron chi connectivity index (χ3n) is 4.17. The summed E-state index contributed by atoms with van der Waals surface area (Å²) in [6, 6.07) is 3.17. The van der Waals surface area contributed by atoms with Crippen molar-refractivity contribution in [2.75, 3.05) is 18.2 Å². The van der Waals surface area contributed by atoms with Crippen LogP contribution in [0.15, 0.2) is 18.3 Å². The summed E-state index contributed by atoms with van der Waals surface area (Å²) < 4.78 is 12.3. The third kappa shape index (κ3) is 5.22. The number of halogens is 1. The number of anilines is 2. The number of nitrogens with two attached hydrogens (primary N) is 2. The van der Waals surface area contributed by atoms with Crippen molar-refractivity contribution >= 4 is 40.3 Å². The molecule has 1 heterocycles. The van der Waals surface area contributed by atoms with Gasteiger partial charge in [-0.15, -0.1) is 0 Å². The van der Waals surface area contributed by atoms with Crippen LogP contribution in [-0.4, -0.2) is 29.0 Å². The highest BCUT2D eigenvalue weighted by atomic mass is 127. The number of hydrogen-bond donors (Lipinski definition) is 3. The first kappa shape index (κ1) is 22.2. The number of amides is 1. The van der Waals surface area contributed by atoms with Crippen molar-refractivity contribution in [3.63, 3.8) is 0 Å². The number of aromatic nitrogens is 2. The summed E-state index contributed by atoms with van der Waals surface area (Å²) in [7, 11) is 1.63. The number of methoxy groups -OCH3 is 1. The van der Waals surface area contributed by atoms with Crippen molar-refractivity contribution in [3.05, 3.63) is 27.5 Å². The molecule has 0 aliphatic heterocycles. The molecule has 0 aliphatic rings. The van der Waals surface area contributed by atoms with E-state index in [1.807, 2.05) is 26.0 Å². The second kappa shape index (κ2) is 9.37. The van der Waals surface area contributed by atoms with Gasteiger partial charge in [-0.3, -0.25) is 10.1 Å². The molecule has 1 aromatic heterocycles. The van der Waals surface area contributed by atoms with E-state index in [-0.39, 0.29) is 29.5 Å². The Hall–Kier alpha value is -2.14. The number of carbonyl (C=O) groups is 1. The van der Waals surface area contributed by atoms with Crippen LogP contribution in [0.5, 0.6) is 17.2 Å². The number of carbonyl (C=O) groups excluding carboxylic acids is 1. The monoisotopic (exact) mass is 499 g/mol. The molecule has 0 saturated heterocycles. The zero-order valence-electron chi connectivity index (χ0n) is 16.6. The van der Waals surface area contributed by atoms with Crippen molar-refractivity contribution < 1.29 is 14.3 Å². The molecule has 2 rings (SSSR count). The quantitative estimate of drug-likeness (QED) is 0.498. The van der Waals surface area contributed by atoms with E-state index < -0.39 is 6.04 Å². The van der Waals surface area contributed by atoms with Crippen LogP contribution < -0.4 is 26.3 Å². The van der Waals surface area contributed by atoms with E-state index in [0.29, 0.717) is 11.5 Å². The summed E-state index contributed by atoms with van der Waals surface area (Å²) in [6.07, 6.45) is 1.43. The van der Waals surface area contributed by atoms with Gasteiger partial charge in [-0.25, -0.2) is 4.98 Å². The lowest BCUT2D eigenvalue weighted by molar-refractivity contribution is -0.118. The van der Waals surface area contributed by atoms with Gasteiger partial charge in [0.1, 0.15) is 11.5 Å². The average molecular weight is 499 g/mol. The van der Waals surface area contributed by atoms with Gasteiger partial charge in [-0.05, 0) is 46.6 Å². The van der Waals surface area contributed by atoms with Crippen molar-refractivity contribution in [2.24, 2.45) is 11.7 Å². The Kier molecular flexibility index (Phi) is 7.41. The zero-order chi connectivity index (χ0) is 21.0. The third-order valence-corrected chi connectivity index (χ3v) is 5.01. The van der Waals surface area contributed by atoms with Gasteiger partial charge < -0.3 is 20.9 Å². The minimum absolute atomic E-state index is 0.00745. The Bertz CT molecular complexity index is 858. The van der Waals surface area contributed by atoms with Crippen LogP contribution in [0.4, 0.5) is 11.8 Å². The number of ether oxygens (including phenoxy) is 2. The highest BCUT2D eigenvalue weighted by Gasteiger charge is 2.19. The van der Waals surface area contributed by atoms with E-state index in [9.17, 15) is 4.79 Å². The van der Waals surface area contributed by atoms with Gasteiger partial charge in [0.2, 0.25) is 11.9 Å². The number of nitrogens with zero attached hydrogens (tertiary/aromatic N) is 2. The summed E-state index contributed by atoms with van der Waals surface area (Å²) in [4.78, 5) is 20.3. The lowest BCUT2D eigenvalue weighted by atomic mass is 10.0. The average Bonchev–Trinajstić information content (AvgIpc) is 2.63. The van der Waals surface area contributed by atoms with Gasteiger partial charge in [-0.1, -0.05) is 27.7 Å². The lowest BCUT2D eigenvalue weighted by Crippen LogP contribution is -2.40. The van der Waals surface area contributed by atoms with E-state index in [0.717, 1.165) is 14.9 Å². The van der Waals surface area contributed by atoms with Gasteiger partial charge in [0, 0.05) is 5.56 Å². The highest BCUT2D eigenvalue weighted by Crippen LogP contribution is 2.37. The second-order valence-electron chi connectivity index (χ2n) is 6.98. The van der Waals surface area contributed by atoms with Crippen molar-refractivity contribution in [3.8, 4) is 17.2 Å². The molecular weight excluding hydrogens is 473 g/mol. The summed E-state index contributed by atoms with van der Waals surface area (Å²) >= 11 is 2.18. The first-order chi connectivity index (χ1) is 13.1. The number of nitrogens with one attached hydrogen (secondary N) is 1. The molecular formula is C19H26IN5O3. The predicted molar refractivity (Wildman–Crippen MR) is 118 cm³/mol. The first-order valence-electron chi connectivity index (χ1n) is 8.88. The molecule has 0 fully saturated rings. The predicted octanol–water partition coefficient (Wildman–Crippen LogP) is 3.51. The molecule has 0 spiro atoms. The summed E-state index contributed by atoms with van der Waals surface area (Å²) in [5.74, 6) is 1.76. The van der Waals surface area contributed by atoms with Gasteiger partial charge in [0.05, 0.1) is 22.9 Å². The lowest BCUT2D eigenvalue weighted by Gasteiger charge is -2.17. The Morgan fingerprint density at radius 1 is 1.18 bits per heavy atom. The van der Waals surface area contributed by atoms with Crippen LogP contribution >= 0.6 is 22.6 Å². The maximum Gasteiger partial charge on any atom is 0.243 e. The molecule has 8 nitrogen and oxygen atoms in total. The molecule has 5 N–H and O–H groups in total. The molecule has 152 valence electrons. The van der Waals surface area contributed by atoms with Gasteiger partial charge in [0.15, 0.2) is 11.6 Å². The zero-order valence-corrected chi connectivity index (χ0v) is 18.8. The fraction of sp³-hybridized carbons (Fsp3) is 0.421. The summed E-state index contributed by atoms with van der Waals surface area (Å²) in [6.45, 7) is 7.84. The Labute approximate surface area is 178 Å². The first-order valence-corrected chi connectivity index (χ1v) is 9.96. The van der Waals surface area contributed by atoms with Crippen LogP contribution in [0.3, 0.4) is 0 Å². The maximum atomic E-state index is 12.1. The minimum atomic E-state index is -0.657. The van der Waals surface area contributed by atoms with Crippen molar-refractivity contribution in [1.29, 1.82) is 0 Å². The molecule has 1 atom stereocenters. The van der Waals surface area contributed by atoms with Crippen LogP contribution in [-0.2, 0) is 4.79 Å². The summed E-state index contributed by atoms with van der Waals surface area (Å²) in [5, 5.41) is 2.57. The topological polar surface area (TPSA) is 125 Å².